The highest BCUT2D eigenvalue weighted by Gasteiger charge is 2.16. The summed E-state index contributed by atoms with van der Waals surface area (Å²) in [6.45, 7) is -0.133. The van der Waals surface area contributed by atoms with E-state index in [1.54, 1.807) is 18.2 Å². The first kappa shape index (κ1) is 16.0. The first-order valence-electron chi connectivity index (χ1n) is 6.51. The Bertz CT molecular complexity index is 619. The van der Waals surface area contributed by atoms with Gasteiger partial charge in [0, 0.05) is 4.47 Å². The molecule has 0 aliphatic heterocycles. The summed E-state index contributed by atoms with van der Waals surface area (Å²) >= 11 is 9.35. The lowest BCUT2D eigenvalue weighted by atomic mass is 10.1. The second-order valence-corrected chi connectivity index (χ2v) is 5.99. The maximum Gasteiger partial charge on any atom is 0.253 e. The molecule has 0 aromatic heterocycles. The molecule has 0 aliphatic carbocycles. The average molecular weight is 369 g/mol. The summed E-state index contributed by atoms with van der Waals surface area (Å²) < 4.78 is 0.778. The van der Waals surface area contributed by atoms with Crippen molar-refractivity contribution in [2.45, 2.75) is 12.5 Å². The average Bonchev–Trinajstić information content (AvgIpc) is 2.50. The molecule has 0 saturated heterocycles. The van der Waals surface area contributed by atoms with Crippen LogP contribution < -0.4 is 5.32 Å². The highest BCUT2D eigenvalue weighted by molar-refractivity contribution is 9.10. The number of nitrogens with one attached hydrogen (secondary N) is 1. The molecule has 3 nitrogen and oxygen atoms in total. The molecular formula is C16H15BrClNO2. The minimum atomic E-state index is -0.352. The molecule has 0 radical (unpaired) electrons. The smallest absolute Gasteiger partial charge is 0.253 e. The van der Waals surface area contributed by atoms with Crippen LogP contribution in [0.25, 0.3) is 0 Å². The Morgan fingerprint density at radius 2 is 1.95 bits per heavy atom. The van der Waals surface area contributed by atoms with E-state index in [1.165, 1.54) is 0 Å². The van der Waals surface area contributed by atoms with Crippen LogP contribution in [0, 0.1) is 0 Å². The van der Waals surface area contributed by atoms with Gasteiger partial charge in [-0.1, -0.05) is 57.9 Å². The molecule has 2 N–H and O–H groups in total. The van der Waals surface area contributed by atoms with Crippen LogP contribution in [0.1, 0.15) is 15.9 Å². The van der Waals surface area contributed by atoms with Gasteiger partial charge in [0.15, 0.2) is 0 Å². The lowest BCUT2D eigenvalue weighted by molar-refractivity contribution is 0.0916. The van der Waals surface area contributed by atoms with Crippen LogP contribution in [-0.2, 0) is 6.42 Å². The van der Waals surface area contributed by atoms with E-state index < -0.39 is 0 Å². The Morgan fingerprint density at radius 3 is 2.62 bits per heavy atom. The van der Waals surface area contributed by atoms with E-state index >= 15 is 0 Å². The number of hydrogen-bond acceptors (Lipinski definition) is 2. The summed E-state index contributed by atoms with van der Waals surface area (Å²) in [6.07, 6.45) is 0.564. The highest BCUT2D eigenvalue weighted by Crippen LogP contribution is 2.21. The summed E-state index contributed by atoms with van der Waals surface area (Å²) in [5.74, 6) is -0.295. The minimum Gasteiger partial charge on any atom is -0.394 e. The summed E-state index contributed by atoms with van der Waals surface area (Å²) in [7, 11) is 0. The zero-order valence-electron chi connectivity index (χ0n) is 11.2. The Labute approximate surface area is 137 Å². The molecule has 2 aromatic carbocycles. The van der Waals surface area contributed by atoms with Crippen molar-refractivity contribution in [2.75, 3.05) is 6.61 Å². The third kappa shape index (κ3) is 4.56. The Balaban J connectivity index is 2.07. The number of amides is 1. The quantitative estimate of drug-likeness (QED) is 0.849. The van der Waals surface area contributed by atoms with Crippen molar-refractivity contribution in [3.05, 3.63) is 69.2 Å². The van der Waals surface area contributed by atoms with Gasteiger partial charge in [-0.15, -0.1) is 0 Å². The molecule has 1 amide bonds. The van der Waals surface area contributed by atoms with Crippen molar-refractivity contribution in [3.8, 4) is 0 Å². The Kier molecular flexibility index (Phi) is 5.79. The molecule has 2 rings (SSSR count). The van der Waals surface area contributed by atoms with Crippen molar-refractivity contribution >= 4 is 33.4 Å². The van der Waals surface area contributed by atoms with Gasteiger partial charge in [0.1, 0.15) is 0 Å². The maximum atomic E-state index is 12.2. The summed E-state index contributed by atoms with van der Waals surface area (Å²) in [6, 6.07) is 14.4. The van der Waals surface area contributed by atoms with Crippen molar-refractivity contribution in [1.82, 2.24) is 5.32 Å². The third-order valence-corrected chi connectivity index (χ3v) is 3.88. The maximum absolute atomic E-state index is 12.2. The van der Waals surface area contributed by atoms with Crippen LogP contribution in [-0.4, -0.2) is 23.7 Å². The number of hydrogen-bond donors (Lipinski definition) is 2. The topological polar surface area (TPSA) is 49.3 Å². The lowest BCUT2D eigenvalue weighted by Crippen LogP contribution is -2.39. The second-order valence-electron chi connectivity index (χ2n) is 4.67. The highest BCUT2D eigenvalue weighted by atomic mass is 79.9. The van der Waals surface area contributed by atoms with Gasteiger partial charge in [-0.3, -0.25) is 4.79 Å². The van der Waals surface area contributed by atoms with Gasteiger partial charge in [-0.2, -0.15) is 0 Å². The van der Waals surface area contributed by atoms with E-state index in [-0.39, 0.29) is 18.6 Å². The van der Waals surface area contributed by atoms with Crippen LogP contribution in [0.5, 0.6) is 0 Å². The summed E-state index contributed by atoms with van der Waals surface area (Å²) in [5.41, 5.74) is 1.44. The number of carbonyl (C=O) groups excluding carboxylic acids is 1. The molecule has 21 heavy (non-hydrogen) atoms. The van der Waals surface area contributed by atoms with E-state index in [0.29, 0.717) is 17.0 Å². The lowest BCUT2D eigenvalue weighted by Gasteiger charge is -2.17. The zero-order chi connectivity index (χ0) is 15.2. The first-order valence-corrected chi connectivity index (χ1v) is 7.68. The number of carbonyl (C=O) groups is 1. The molecule has 0 heterocycles. The second kappa shape index (κ2) is 7.59. The summed E-state index contributed by atoms with van der Waals surface area (Å²) in [4.78, 5) is 12.2. The molecule has 0 fully saturated rings. The predicted molar refractivity (Wildman–Crippen MR) is 87.6 cm³/mol. The van der Waals surface area contributed by atoms with Gasteiger partial charge in [0.05, 0.1) is 23.2 Å². The number of halogens is 2. The predicted octanol–water partition coefficient (Wildman–Crippen LogP) is 3.44. The van der Waals surface area contributed by atoms with Crippen LogP contribution in [0.15, 0.2) is 53.0 Å². The molecule has 0 aliphatic rings. The van der Waals surface area contributed by atoms with Crippen LogP contribution in [0.2, 0.25) is 5.02 Å². The first-order chi connectivity index (χ1) is 10.1. The third-order valence-electron chi connectivity index (χ3n) is 3.05. The van der Waals surface area contributed by atoms with E-state index in [9.17, 15) is 9.90 Å². The van der Waals surface area contributed by atoms with Gasteiger partial charge < -0.3 is 10.4 Å². The van der Waals surface area contributed by atoms with Crippen molar-refractivity contribution in [2.24, 2.45) is 0 Å². The molecule has 110 valence electrons. The molecule has 1 atom stereocenters. The van der Waals surface area contributed by atoms with Gasteiger partial charge in [-0.25, -0.2) is 0 Å². The number of rotatable bonds is 5. The normalized spacial score (nSPS) is 12.0. The Morgan fingerprint density at radius 1 is 1.24 bits per heavy atom. The van der Waals surface area contributed by atoms with Crippen molar-refractivity contribution in [3.63, 3.8) is 0 Å². The van der Waals surface area contributed by atoms with Gasteiger partial charge in [0.25, 0.3) is 5.91 Å². The number of aliphatic hydroxyl groups excluding tert-OH is 1. The van der Waals surface area contributed by atoms with Crippen LogP contribution in [0.4, 0.5) is 0 Å². The molecular weight excluding hydrogens is 354 g/mol. The van der Waals surface area contributed by atoms with Crippen LogP contribution in [0.3, 0.4) is 0 Å². The largest absolute Gasteiger partial charge is 0.394 e. The fourth-order valence-electron chi connectivity index (χ4n) is 1.99. The van der Waals surface area contributed by atoms with Gasteiger partial charge in [0.2, 0.25) is 0 Å². The number of benzene rings is 2. The Hall–Kier alpha value is -1.36. The van der Waals surface area contributed by atoms with E-state index in [2.05, 4.69) is 21.2 Å². The van der Waals surface area contributed by atoms with E-state index in [0.717, 1.165) is 10.0 Å². The van der Waals surface area contributed by atoms with E-state index in [4.69, 9.17) is 11.6 Å². The molecule has 1 unspecified atom stereocenters. The van der Waals surface area contributed by atoms with Crippen LogP contribution >= 0.6 is 27.5 Å². The monoisotopic (exact) mass is 367 g/mol. The number of aliphatic hydroxyl groups is 1. The van der Waals surface area contributed by atoms with Crippen molar-refractivity contribution in [1.29, 1.82) is 0 Å². The SMILES string of the molecule is O=C(NC(CO)Cc1ccccc1)c1cc(Br)ccc1Cl. The van der Waals surface area contributed by atoms with E-state index in [1.807, 2.05) is 30.3 Å². The molecule has 5 heteroatoms. The fraction of sp³-hybridized carbons (Fsp3) is 0.188. The summed E-state index contributed by atoms with van der Waals surface area (Å²) in [5, 5.41) is 12.6. The fourth-order valence-corrected chi connectivity index (χ4v) is 2.56. The zero-order valence-corrected chi connectivity index (χ0v) is 13.6. The molecule has 0 bridgehead atoms. The minimum absolute atomic E-state index is 0.133. The molecule has 2 aromatic rings. The standard InChI is InChI=1S/C16H15BrClNO2/c17-12-6-7-15(18)14(9-12)16(21)19-13(10-20)8-11-4-2-1-3-5-11/h1-7,9,13,20H,8,10H2,(H,19,21). The van der Waals surface area contributed by atoms with Gasteiger partial charge in [-0.05, 0) is 30.2 Å². The van der Waals surface area contributed by atoms with Gasteiger partial charge >= 0.3 is 0 Å². The van der Waals surface area contributed by atoms with Crippen molar-refractivity contribution < 1.29 is 9.90 Å². The molecule has 0 saturated carbocycles. The molecule has 0 spiro atoms.